The third-order valence-electron chi connectivity index (χ3n) is 2.72. The number of hydrogen-bond acceptors (Lipinski definition) is 5. The zero-order valence-electron chi connectivity index (χ0n) is 9.76. The highest BCUT2D eigenvalue weighted by atomic mass is 16.3. The van der Waals surface area contributed by atoms with E-state index >= 15 is 0 Å². The van der Waals surface area contributed by atoms with E-state index in [2.05, 4.69) is 20.7 Å². The van der Waals surface area contributed by atoms with E-state index in [9.17, 15) is 9.90 Å². The van der Waals surface area contributed by atoms with E-state index in [1.807, 2.05) is 0 Å². The lowest BCUT2D eigenvalue weighted by Gasteiger charge is -2.09. The maximum Gasteiger partial charge on any atom is 0.237 e. The van der Waals surface area contributed by atoms with E-state index < -0.39 is 6.10 Å². The van der Waals surface area contributed by atoms with Crippen LogP contribution in [0.1, 0.15) is 12.2 Å². The van der Waals surface area contributed by atoms with Gasteiger partial charge in [0.1, 0.15) is 6.33 Å². The number of aliphatic hydroxyl groups excluding tert-OH is 1. The molecule has 0 aliphatic carbocycles. The quantitative estimate of drug-likeness (QED) is 0.576. The van der Waals surface area contributed by atoms with E-state index in [1.165, 1.54) is 0 Å². The van der Waals surface area contributed by atoms with Crippen LogP contribution in [0.25, 0.3) is 0 Å². The summed E-state index contributed by atoms with van der Waals surface area (Å²) in [5.41, 5.74) is 0. The van der Waals surface area contributed by atoms with Crippen molar-refractivity contribution >= 4 is 5.91 Å². The third kappa shape index (κ3) is 3.24. The van der Waals surface area contributed by atoms with Crippen LogP contribution in [0.15, 0.2) is 6.33 Å². The number of β-amino-alcohol motifs (C(OH)–C–C–N with tert-alkyl or cyclic N) is 1. The van der Waals surface area contributed by atoms with Crippen LogP contribution in [0.4, 0.5) is 0 Å². The minimum Gasteiger partial charge on any atom is -0.392 e. The Balaban J connectivity index is 1.70. The van der Waals surface area contributed by atoms with Crippen LogP contribution < -0.4 is 10.6 Å². The van der Waals surface area contributed by atoms with E-state index in [1.54, 1.807) is 18.1 Å². The Bertz CT molecular complexity index is 392. The molecule has 0 radical (unpaired) electrons. The van der Waals surface area contributed by atoms with Crippen LogP contribution >= 0.6 is 0 Å². The average molecular weight is 239 g/mol. The molecular weight excluding hydrogens is 222 g/mol. The highest BCUT2D eigenvalue weighted by Gasteiger charge is 2.27. The van der Waals surface area contributed by atoms with Gasteiger partial charge in [0.05, 0.1) is 12.1 Å². The topological polar surface area (TPSA) is 92.1 Å². The van der Waals surface area contributed by atoms with Gasteiger partial charge in [-0.1, -0.05) is 0 Å². The lowest BCUT2D eigenvalue weighted by molar-refractivity contribution is -0.122. The summed E-state index contributed by atoms with van der Waals surface area (Å²) in [6.07, 6.45) is 2.31. The number of carbonyl (C=O) groups excluding carboxylic acids is 1. The maximum absolute atomic E-state index is 11.7. The highest BCUT2D eigenvalue weighted by Crippen LogP contribution is 2.05. The number of rotatable bonds is 4. The zero-order chi connectivity index (χ0) is 12.3. The van der Waals surface area contributed by atoms with Crippen LogP contribution in [-0.4, -0.2) is 51.0 Å². The monoisotopic (exact) mass is 239 g/mol. The van der Waals surface area contributed by atoms with Crippen molar-refractivity contribution in [3.63, 3.8) is 0 Å². The van der Waals surface area contributed by atoms with Crippen molar-refractivity contribution < 1.29 is 9.90 Å². The highest BCUT2D eigenvalue weighted by molar-refractivity contribution is 5.82. The molecule has 2 unspecified atom stereocenters. The third-order valence-corrected chi connectivity index (χ3v) is 2.72. The number of aromatic nitrogens is 3. The van der Waals surface area contributed by atoms with E-state index in [0.717, 1.165) is 0 Å². The Morgan fingerprint density at radius 1 is 1.76 bits per heavy atom. The summed E-state index contributed by atoms with van der Waals surface area (Å²) in [4.78, 5) is 15.7. The second kappa shape index (κ2) is 5.24. The molecule has 94 valence electrons. The molecule has 0 bridgehead atoms. The molecule has 17 heavy (non-hydrogen) atoms. The molecule has 1 aliphatic heterocycles. The van der Waals surface area contributed by atoms with E-state index in [0.29, 0.717) is 31.8 Å². The molecule has 1 aromatic rings. The fourth-order valence-corrected chi connectivity index (χ4v) is 1.84. The van der Waals surface area contributed by atoms with Gasteiger partial charge in [-0.05, 0) is 6.42 Å². The van der Waals surface area contributed by atoms with Crippen molar-refractivity contribution in [1.82, 2.24) is 25.4 Å². The van der Waals surface area contributed by atoms with Crippen molar-refractivity contribution in [3.8, 4) is 0 Å². The van der Waals surface area contributed by atoms with E-state index in [4.69, 9.17) is 0 Å². The summed E-state index contributed by atoms with van der Waals surface area (Å²) in [7, 11) is 1.80. The van der Waals surface area contributed by atoms with Crippen molar-refractivity contribution in [2.45, 2.75) is 25.0 Å². The maximum atomic E-state index is 11.7. The Kier molecular flexibility index (Phi) is 3.70. The van der Waals surface area contributed by atoms with Gasteiger partial charge in [0.25, 0.3) is 0 Å². The van der Waals surface area contributed by atoms with Crippen molar-refractivity contribution in [2.24, 2.45) is 7.05 Å². The first-order chi connectivity index (χ1) is 8.15. The summed E-state index contributed by atoms with van der Waals surface area (Å²) in [6, 6.07) is -0.276. The molecular formula is C10H17N5O2. The standard InChI is InChI=1S/C10H17N5O2/c1-15-6-13-9(14-15)2-3-11-10(17)8-4-7(16)5-12-8/h6-8,12,16H,2-5H2,1H3,(H,11,17). The second-order valence-electron chi connectivity index (χ2n) is 4.23. The normalized spacial score (nSPS) is 23.9. The van der Waals surface area contributed by atoms with Gasteiger partial charge in [0, 0.05) is 26.6 Å². The molecule has 1 amide bonds. The molecule has 7 heteroatoms. The predicted molar refractivity (Wildman–Crippen MR) is 60.1 cm³/mol. The molecule has 0 spiro atoms. The molecule has 1 fully saturated rings. The molecule has 1 aromatic heterocycles. The minimum absolute atomic E-state index is 0.0718. The Morgan fingerprint density at radius 3 is 3.18 bits per heavy atom. The number of nitrogens with zero attached hydrogens (tertiary/aromatic N) is 3. The van der Waals surface area contributed by atoms with Gasteiger partial charge in [0.15, 0.2) is 5.82 Å². The molecule has 1 aliphatic rings. The largest absolute Gasteiger partial charge is 0.392 e. The van der Waals surface area contributed by atoms with Gasteiger partial charge < -0.3 is 15.7 Å². The number of aliphatic hydroxyl groups is 1. The number of carbonyl (C=O) groups is 1. The van der Waals surface area contributed by atoms with Gasteiger partial charge in [-0.2, -0.15) is 5.10 Å². The lowest BCUT2D eigenvalue weighted by Crippen LogP contribution is -2.41. The average Bonchev–Trinajstić information content (AvgIpc) is 2.88. The first kappa shape index (κ1) is 12.0. The van der Waals surface area contributed by atoms with E-state index in [-0.39, 0.29) is 11.9 Å². The molecule has 2 heterocycles. The van der Waals surface area contributed by atoms with Crippen LogP contribution in [0.5, 0.6) is 0 Å². The minimum atomic E-state index is -0.414. The van der Waals surface area contributed by atoms with Gasteiger partial charge in [-0.25, -0.2) is 4.98 Å². The van der Waals surface area contributed by atoms with Gasteiger partial charge in [-0.3, -0.25) is 9.48 Å². The number of nitrogens with one attached hydrogen (secondary N) is 2. The van der Waals surface area contributed by atoms with Crippen LogP contribution in [-0.2, 0) is 18.3 Å². The van der Waals surface area contributed by atoms with Crippen LogP contribution in [0.2, 0.25) is 0 Å². The first-order valence-corrected chi connectivity index (χ1v) is 5.69. The fourth-order valence-electron chi connectivity index (χ4n) is 1.84. The van der Waals surface area contributed by atoms with Crippen molar-refractivity contribution in [3.05, 3.63) is 12.2 Å². The van der Waals surface area contributed by atoms with Crippen molar-refractivity contribution in [1.29, 1.82) is 0 Å². The Hall–Kier alpha value is -1.47. The number of hydrogen-bond donors (Lipinski definition) is 3. The van der Waals surface area contributed by atoms with Gasteiger partial charge in [-0.15, -0.1) is 0 Å². The summed E-state index contributed by atoms with van der Waals surface area (Å²) in [5, 5.41) is 19.2. The smallest absolute Gasteiger partial charge is 0.237 e. The molecule has 7 nitrogen and oxygen atoms in total. The van der Waals surface area contributed by atoms with Crippen molar-refractivity contribution in [2.75, 3.05) is 13.1 Å². The van der Waals surface area contributed by atoms with Crippen LogP contribution in [0, 0.1) is 0 Å². The number of amides is 1. The summed E-state index contributed by atoms with van der Waals surface area (Å²) >= 11 is 0. The predicted octanol–water partition coefficient (Wildman–Crippen LogP) is -1.80. The van der Waals surface area contributed by atoms with Gasteiger partial charge >= 0.3 is 0 Å². The summed E-state index contributed by atoms with van der Waals surface area (Å²) in [5.74, 6) is 0.643. The SMILES string of the molecule is Cn1cnc(CCNC(=O)C2CC(O)CN2)n1. The number of aryl methyl sites for hydroxylation is 1. The molecule has 1 saturated heterocycles. The van der Waals surface area contributed by atoms with Crippen LogP contribution in [0.3, 0.4) is 0 Å². The molecule has 0 aromatic carbocycles. The first-order valence-electron chi connectivity index (χ1n) is 5.69. The fraction of sp³-hybridized carbons (Fsp3) is 0.700. The Labute approximate surface area is 99.2 Å². The molecule has 0 saturated carbocycles. The summed E-state index contributed by atoms with van der Waals surface area (Å²) in [6.45, 7) is 0.997. The zero-order valence-corrected chi connectivity index (χ0v) is 9.76. The molecule has 2 atom stereocenters. The Morgan fingerprint density at radius 2 is 2.59 bits per heavy atom. The van der Waals surface area contributed by atoms with Gasteiger partial charge in [0.2, 0.25) is 5.91 Å². The second-order valence-corrected chi connectivity index (χ2v) is 4.23. The molecule has 2 rings (SSSR count). The summed E-state index contributed by atoms with van der Waals surface area (Å²) < 4.78 is 1.63. The molecule has 3 N–H and O–H groups in total. The lowest BCUT2D eigenvalue weighted by atomic mass is 10.2.